The standard InChI is InChI=1S/C8H16O.CH4/c1-6(2)8(4,5)7(3)9;/h6H,1-5H3;1H4. The molecule has 0 spiro atoms. The molecule has 0 aromatic heterocycles. The molecule has 0 N–H and O–H groups in total. The summed E-state index contributed by atoms with van der Waals surface area (Å²) >= 11 is 0. The number of hydrogen-bond acceptors (Lipinski definition) is 1. The van der Waals surface area contributed by atoms with E-state index in [2.05, 4.69) is 13.8 Å². The third-order valence-electron chi connectivity index (χ3n) is 2.35. The van der Waals surface area contributed by atoms with Crippen LogP contribution in [0.15, 0.2) is 0 Å². The predicted molar refractivity (Wildman–Crippen MR) is 46.0 cm³/mol. The summed E-state index contributed by atoms with van der Waals surface area (Å²) in [5.74, 6) is 0.715. The van der Waals surface area contributed by atoms with Crippen LogP contribution in [0.4, 0.5) is 0 Å². The number of hydrogen-bond donors (Lipinski definition) is 0. The predicted octanol–water partition coefficient (Wildman–Crippen LogP) is 2.89. The van der Waals surface area contributed by atoms with E-state index in [0.717, 1.165) is 0 Å². The molecule has 0 aliphatic heterocycles. The number of ketones is 1. The van der Waals surface area contributed by atoms with E-state index < -0.39 is 0 Å². The highest BCUT2D eigenvalue weighted by Gasteiger charge is 2.26. The van der Waals surface area contributed by atoms with Crippen molar-refractivity contribution in [2.24, 2.45) is 11.3 Å². The molecule has 0 radical (unpaired) electrons. The smallest absolute Gasteiger partial charge is 0.135 e. The zero-order chi connectivity index (χ0) is 7.65. The van der Waals surface area contributed by atoms with Gasteiger partial charge in [-0.2, -0.15) is 0 Å². The van der Waals surface area contributed by atoms with Crippen LogP contribution in [0, 0.1) is 11.3 Å². The molecule has 0 rings (SSSR count). The Hall–Kier alpha value is -0.330. The largest absolute Gasteiger partial charge is 0.299 e. The van der Waals surface area contributed by atoms with Gasteiger partial charge in [0.05, 0.1) is 0 Å². The fraction of sp³-hybridized carbons (Fsp3) is 0.889. The van der Waals surface area contributed by atoms with E-state index in [1.165, 1.54) is 0 Å². The van der Waals surface area contributed by atoms with Gasteiger partial charge in [0.2, 0.25) is 0 Å². The molecule has 0 aliphatic rings. The van der Waals surface area contributed by atoms with Gasteiger partial charge in [-0.3, -0.25) is 4.79 Å². The van der Waals surface area contributed by atoms with Crippen LogP contribution in [-0.2, 0) is 4.79 Å². The Morgan fingerprint density at radius 2 is 1.60 bits per heavy atom. The first-order chi connectivity index (χ1) is 3.89. The van der Waals surface area contributed by atoms with E-state index in [1.54, 1.807) is 6.92 Å². The summed E-state index contributed by atoms with van der Waals surface area (Å²) in [5.41, 5.74) is -0.139. The monoisotopic (exact) mass is 144 g/mol. The Morgan fingerprint density at radius 3 is 1.60 bits per heavy atom. The number of carbonyl (C=O) groups excluding carboxylic acids is 1. The Labute approximate surface area is 64.8 Å². The lowest BCUT2D eigenvalue weighted by molar-refractivity contribution is -0.126. The second-order valence-corrected chi connectivity index (χ2v) is 3.43. The maximum atomic E-state index is 10.9. The van der Waals surface area contributed by atoms with E-state index in [0.29, 0.717) is 5.92 Å². The molecule has 0 heterocycles. The molecule has 0 aromatic carbocycles. The molecule has 0 aromatic rings. The van der Waals surface area contributed by atoms with Gasteiger partial charge >= 0.3 is 0 Å². The summed E-state index contributed by atoms with van der Waals surface area (Å²) in [5, 5.41) is 0. The quantitative estimate of drug-likeness (QED) is 0.582. The number of Topliss-reactive ketones (excluding diaryl/α,β-unsaturated/α-hetero) is 1. The van der Waals surface area contributed by atoms with Crippen LogP contribution in [0.2, 0.25) is 0 Å². The molecule has 0 atom stereocenters. The van der Waals surface area contributed by atoms with Gasteiger partial charge in [-0.15, -0.1) is 0 Å². The lowest BCUT2D eigenvalue weighted by atomic mass is 9.78. The summed E-state index contributed by atoms with van der Waals surface area (Å²) in [6, 6.07) is 0. The second kappa shape index (κ2) is 3.75. The summed E-state index contributed by atoms with van der Waals surface area (Å²) in [6.07, 6.45) is 0. The van der Waals surface area contributed by atoms with Crippen LogP contribution >= 0.6 is 0 Å². The minimum absolute atomic E-state index is 0. The van der Waals surface area contributed by atoms with Crippen LogP contribution < -0.4 is 0 Å². The molecular weight excluding hydrogens is 124 g/mol. The van der Waals surface area contributed by atoms with E-state index >= 15 is 0 Å². The molecule has 0 saturated heterocycles. The van der Waals surface area contributed by atoms with E-state index in [9.17, 15) is 4.79 Å². The maximum Gasteiger partial charge on any atom is 0.135 e. The normalized spacial score (nSPS) is 11.0. The molecule has 0 aliphatic carbocycles. The SMILES string of the molecule is C.CC(=O)C(C)(C)C(C)C. The van der Waals surface area contributed by atoms with E-state index in [-0.39, 0.29) is 18.6 Å². The first-order valence-electron chi connectivity index (χ1n) is 3.40. The highest BCUT2D eigenvalue weighted by atomic mass is 16.1. The van der Waals surface area contributed by atoms with Gasteiger partial charge in [0.1, 0.15) is 5.78 Å². The van der Waals surface area contributed by atoms with Gasteiger partial charge in [0, 0.05) is 5.41 Å². The Bertz CT molecular complexity index is 112. The van der Waals surface area contributed by atoms with Crippen molar-refractivity contribution in [2.75, 3.05) is 0 Å². The zero-order valence-corrected chi connectivity index (χ0v) is 6.99. The second-order valence-electron chi connectivity index (χ2n) is 3.43. The maximum absolute atomic E-state index is 10.9. The minimum atomic E-state index is -0.139. The van der Waals surface area contributed by atoms with Crippen LogP contribution in [0.5, 0.6) is 0 Å². The lowest BCUT2D eigenvalue weighted by Gasteiger charge is -2.25. The van der Waals surface area contributed by atoms with Crippen LogP contribution in [0.25, 0.3) is 0 Å². The average molecular weight is 144 g/mol. The van der Waals surface area contributed by atoms with Crippen molar-refractivity contribution in [2.45, 2.75) is 42.0 Å². The molecule has 0 bridgehead atoms. The number of rotatable bonds is 2. The zero-order valence-electron chi connectivity index (χ0n) is 6.99. The Kier molecular flexibility index (Phi) is 4.63. The van der Waals surface area contributed by atoms with Gasteiger partial charge in [-0.1, -0.05) is 35.1 Å². The van der Waals surface area contributed by atoms with Crippen molar-refractivity contribution in [3.05, 3.63) is 0 Å². The van der Waals surface area contributed by atoms with Crippen molar-refractivity contribution in [1.29, 1.82) is 0 Å². The lowest BCUT2D eigenvalue weighted by Crippen LogP contribution is -2.27. The Balaban J connectivity index is 0. The summed E-state index contributed by atoms with van der Waals surface area (Å²) < 4.78 is 0. The van der Waals surface area contributed by atoms with Crippen LogP contribution in [0.1, 0.15) is 42.0 Å². The Morgan fingerprint density at radius 1 is 1.30 bits per heavy atom. The number of carbonyl (C=O) groups is 1. The summed E-state index contributed by atoms with van der Waals surface area (Å²) in [7, 11) is 0. The van der Waals surface area contributed by atoms with Gasteiger partial charge in [-0.25, -0.2) is 0 Å². The van der Waals surface area contributed by atoms with E-state index in [4.69, 9.17) is 0 Å². The molecular formula is C9H20O. The fourth-order valence-corrected chi connectivity index (χ4v) is 0.407. The molecule has 0 amide bonds. The first-order valence-corrected chi connectivity index (χ1v) is 3.40. The molecule has 1 heteroatoms. The van der Waals surface area contributed by atoms with Gasteiger partial charge in [0.25, 0.3) is 0 Å². The molecule has 10 heavy (non-hydrogen) atoms. The van der Waals surface area contributed by atoms with Crippen molar-refractivity contribution < 1.29 is 4.79 Å². The first kappa shape index (κ1) is 12.4. The van der Waals surface area contributed by atoms with Crippen molar-refractivity contribution in [1.82, 2.24) is 0 Å². The minimum Gasteiger partial charge on any atom is -0.299 e. The highest BCUT2D eigenvalue weighted by Crippen LogP contribution is 2.26. The van der Waals surface area contributed by atoms with Gasteiger partial charge in [-0.05, 0) is 12.8 Å². The molecule has 0 unspecified atom stereocenters. The van der Waals surface area contributed by atoms with Crippen molar-refractivity contribution in [3.8, 4) is 0 Å². The van der Waals surface area contributed by atoms with Gasteiger partial charge in [0.15, 0.2) is 0 Å². The van der Waals surface area contributed by atoms with Crippen molar-refractivity contribution in [3.63, 3.8) is 0 Å². The summed E-state index contributed by atoms with van der Waals surface area (Å²) in [4.78, 5) is 10.9. The molecule has 1 nitrogen and oxygen atoms in total. The van der Waals surface area contributed by atoms with Crippen molar-refractivity contribution >= 4 is 5.78 Å². The third-order valence-corrected chi connectivity index (χ3v) is 2.35. The van der Waals surface area contributed by atoms with Crippen LogP contribution in [-0.4, -0.2) is 5.78 Å². The average Bonchev–Trinajstić information content (AvgIpc) is 1.65. The molecule has 0 saturated carbocycles. The summed E-state index contributed by atoms with van der Waals surface area (Å²) in [6.45, 7) is 9.77. The topological polar surface area (TPSA) is 17.1 Å². The van der Waals surface area contributed by atoms with E-state index in [1.807, 2.05) is 13.8 Å². The molecule has 62 valence electrons. The van der Waals surface area contributed by atoms with Crippen LogP contribution in [0.3, 0.4) is 0 Å². The fourth-order valence-electron chi connectivity index (χ4n) is 0.407. The highest BCUT2D eigenvalue weighted by molar-refractivity contribution is 5.81. The third kappa shape index (κ3) is 2.51. The van der Waals surface area contributed by atoms with Gasteiger partial charge < -0.3 is 0 Å². The molecule has 0 fully saturated rings.